The molecule has 28 heavy (non-hydrogen) atoms. The van der Waals surface area contributed by atoms with Crippen LogP contribution >= 0.6 is 0 Å². The molecule has 1 unspecified atom stereocenters. The topological polar surface area (TPSA) is 93.6 Å². The molecule has 1 aromatic heterocycles. The van der Waals surface area contributed by atoms with E-state index in [0.29, 0.717) is 25.4 Å². The van der Waals surface area contributed by atoms with Gasteiger partial charge in [0.05, 0.1) is 25.3 Å². The molecule has 2 aromatic rings. The molecule has 1 atom stereocenters. The number of hydrogen-bond acceptors (Lipinski definition) is 6. The molecule has 148 valence electrons. The third kappa shape index (κ3) is 4.39. The summed E-state index contributed by atoms with van der Waals surface area (Å²) in [5, 5.41) is 2.78. The molecule has 2 heterocycles. The second-order valence-electron chi connectivity index (χ2n) is 6.47. The van der Waals surface area contributed by atoms with Crippen LogP contribution in [0.25, 0.3) is 0 Å². The summed E-state index contributed by atoms with van der Waals surface area (Å²) in [4.78, 5) is 35.0. The van der Waals surface area contributed by atoms with Gasteiger partial charge in [0.25, 0.3) is 0 Å². The van der Waals surface area contributed by atoms with Gasteiger partial charge in [-0.1, -0.05) is 17.7 Å². The van der Waals surface area contributed by atoms with Crippen molar-refractivity contribution in [1.82, 2.24) is 9.97 Å². The minimum atomic E-state index is -0.463. The first-order valence-electron chi connectivity index (χ1n) is 9.32. The van der Waals surface area contributed by atoms with Gasteiger partial charge in [0.2, 0.25) is 17.7 Å². The van der Waals surface area contributed by atoms with Gasteiger partial charge in [-0.2, -0.15) is 4.98 Å². The Morgan fingerprint density at radius 3 is 2.61 bits per heavy atom. The lowest BCUT2D eigenvalue weighted by atomic mass is 10.1. The molecular weight excluding hydrogens is 360 g/mol. The van der Waals surface area contributed by atoms with Crippen LogP contribution in [-0.4, -0.2) is 41.5 Å². The predicted molar refractivity (Wildman–Crippen MR) is 105 cm³/mol. The van der Waals surface area contributed by atoms with Gasteiger partial charge in [0.1, 0.15) is 5.69 Å². The summed E-state index contributed by atoms with van der Waals surface area (Å²) in [5.74, 6) is -0.558. The smallest absolute Gasteiger partial charge is 0.319 e. The maximum atomic E-state index is 12.7. The van der Waals surface area contributed by atoms with Gasteiger partial charge < -0.3 is 19.7 Å². The molecule has 8 nitrogen and oxygen atoms in total. The summed E-state index contributed by atoms with van der Waals surface area (Å²) in [5.41, 5.74) is 2.27. The van der Waals surface area contributed by atoms with E-state index in [2.05, 4.69) is 15.3 Å². The average molecular weight is 384 g/mol. The zero-order valence-electron chi connectivity index (χ0n) is 16.3. The first-order valence-corrected chi connectivity index (χ1v) is 9.32. The normalized spacial score (nSPS) is 16.2. The summed E-state index contributed by atoms with van der Waals surface area (Å²) in [6.45, 7) is 6.78. The first kappa shape index (κ1) is 19.6. The number of benzene rings is 1. The van der Waals surface area contributed by atoms with Gasteiger partial charge in [-0.3, -0.25) is 9.59 Å². The van der Waals surface area contributed by atoms with Gasteiger partial charge in [-0.25, -0.2) is 4.98 Å². The number of aromatic nitrogens is 2. The molecule has 1 aliphatic rings. The molecule has 2 amide bonds. The van der Waals surface area contributed by atoms with Crippen LogP contribution in [0.4, 0.5) is 11.4 Å². The van der Waals surface area contributed by atoms with Crippen LogP contribution < -0.4 is 19.7 Å². The van der Waals surface area contributed by atoms with Crippen LogP contribution in [0.5, 0.6) is 11.9 Å². The zero-order valence-corrected chi connectivity index (χ0v) is 16.3. The molecule has 1 N–H and O–H groups in total. The molecule has 0 spiro atoms. The highest BCUT2D eigenvalue weighted by Gasteiger charge is 2.35. The Morgan fingerprint density at radius 2 is 1.93 bits per heavy atom. The molecule has 1 fully saturated rings. The van der Waals surface area contributed by atoms with Crippen molar-refractivity contribution in [3.8, 4) is 11.9 Å². The number of carbonyl (C=O) groups excluding carboxylic acids is 2. The Hall–Kier alpha value is -3.16. The van der Waals surface area contributed by atoms with E-state index in [0.717, 1.165) is 11.3 Å². The fraction of sp³-hybridized carbons (Fsp3) is 0.400. The zero-order chi connectivity index (χ0) is 20.1. The van der Waals surface area contributed by atoms with Crippen LogP contribution in [0.15, 0.2) is 30.5 Å². The summed E-state index contributed by atoms with van der Waals surface area (Å²) in [7, 11) is 0. The highest BCUT2D eigenvalue weighted by atomic mass is 16.5. The van der Waals surface area contributed by atoms with Crippen LogP contribution in [0.3, 0.4) is 0 Å². The molecule has 1 aromatic carbocycles. The molecule has 0 saturated carbocycles. The van der Waals surface area contributed by atoms with Crippen molar-refractivity contribution in [1.29, 1.82) is 0 Å². The molecule has 0 bridgehead atoms. The van der Waals surface area contributed by atoms with E-state index in [4.69, 9.17) is 9.47 Å². The van der Waals surface area contributed by atoms with E-state index in [9.17, 15) is 9.59 Å². The lowest BCUT2D eigenvalue weighted by Crippen LogP contribution is -2.28. The number of rotatable bonds is 7. The highest BCUT2D eigenvalue weighted by molar-refractivity contribution is 6.03. The first-order chi connectivity index (χ1) is 13.5. The number of amides is 2. The van der Waals surface area contributed by atoms with E-state index in [-0.39, 0.29) is 30.1 Å². The van der Waals surface area contributed by atoms with E-state index in [1.54, 1.807) is 4.90 Å². The summed E-state index contributed by atoms with van der Waals surface area (Å²) >= 11 is 0. The lowest BCUT2D eigenvalue weighted by molar-refractivity contribution is -0.122. The molecule has 1 saturated heterocycles. The van der Waals surface area contributed by atoms with Crippen LogP contribution in [-0.2, 0) is 9.59 Å². The largest absolute Gasteiger partial charge is 0.476 e. The van der Waals surface area contributed by atoms with Crippen LogP contribution in [0, 0.1) is 12.8 Å². The Balaban J connectivity index is 1.71. The minimum absolute atomic E-state index is 0.0722. The average Bonchev–Trinajstić information content (AvgIpc) is 3.07. The summed E-state index contributed by atoms with van der Waals surface area (Å²) < 4.78 is 10.8. The number of carbonyl (C=O) groups is 2. The Kier molecular flexibility index (Phi) is 6.08. The van der Waals surface area contributed by atoms with Gasteiger partial charge in [-0.15, -0.1) is 0 Å². The van der Waals surface area contributed by atoms with Gasteiger partial charge in [-0.05, 0) is 32.9 Å². The number of nitrogens with one attached hydrogen (secondary N) is 1. The monoisotopic (exact) mass is 384 g/mol. The number of anilines is 2. The Bertz CT molecular complexity index is 854. The quantitative estimate of drug-likeness (QED) is 0.789. The highest BCUT2D eigenvalue weighted by Crippen LogP contribution is 2.28. The molecule has 0 radical (unpaired) electrons. The minimum Gasteiger partial charge on any atom is -0.476 e. The van der Waals surface area contributed by atoms with E-state index in [1.807, 2.05) is 45.0 Å². The molecule has 3 rings (SSSR count). The molecular formula is C20H24N4O4. The fourth-order valence-electron chi connectivity index (χ4n) is 2.97. The number of ether oxygens (including phenoxy) is 2. The van der Waals surface area contributed by atoms with Gasteiger partial charge in [0, 0.05) is 18.7 Å². The second kappa shape index (κ2) is 8.69. The standard InChI is InChI=1S/C20H24N4O4/c1-4-27-19-16(11-21-20(23-19)28-5-2)22-18(26)14-10-17(25)24(12-14)15-8-6-13(3)7-9-15/h6-9,11,14H,4-5,10,12H2,1-3H3,(H,22,26). The van der Waals surface area contributed by atoms with E-state index < -0.39 is 5.92 Å². The maximum Gasteiger partial charge on any atom is 0.319 e. The SMILES string of the molecule is CCOc1ncc(NC(=O)C2CC(=O)N(c3ccc(C)cc3)C2)c(OCC)n1. The van der Waals surface area contributed by atoms with Crippen molar-refractivity contribution >= 4 is 23.2 Å². The van der Waals surface area contributed by atoms with Crippen LogP contribution in [0.2, 0.25) is 0 Å². The molecule has 1 aliphatic heterocycles. The molecule has 0 aliphatic carbocycles. The van der Waals surface area contributed by atoms with Crippen molar-refractivity contribution in [2.24, 2.45) is 5.92 Å². The number of hydrogen-bond donors (Lipinski definition) is 1. The number of nitrogens with zero attached hydrogens (tertiary/aromatic N) is 3. The van der Waals surface area contributed by atoms with Crippen molar-refractivity contribution in [2.45, 2.75) is 27.2 Å². The van der Waals surface area contributed by atoms with Crippen molar-refractivity contribution in [3.05, 3.63) is 36.0 Å². The molecule has 8 heteroatoms. The predicted octanol–water partition coefficient (Wildman–Crippen LogP) is 2.57. The second-order valence-corrected chi connectivity index (χ2v) is 6.47. The van der Waals surface area contributed by atoms with Crippen molar-refractivity contribution in [3.63, 3.8) is 0 Å². The van der Waals surface area contributed by atoms with E-state index in [1.165, 1.54) is 6.20 Å². The van der Waals surface area contributed by atoms with Crippen LogP contribution in [0.1, 0.15) is 25.8 Å². The summed E-state index contributed by atoms with van der Waals surface area (Å²) in [6, 6.07) is 7.86. The third-order valence-corrected chi connectivity index (χ3v) is 4.39. The van der Waals surface area contributed by atoms with Gasteiger partial charge >= 0.3 is 6.01 Å². The third-order valence-electron chi connectivity index (χ3n) is 4.39. The Labute approximate surface area is 163 Å². The van der Waals surface area contributed by atoms with Crippen molar-refractivity contribution < 1.29 is 19.1 Å². The van der Waals surface area contributed by atoms with Crippen molar-refractivity contribution in [2.75, 3.05) is 30.0 Å². The summed E-state index contributed by atoms with van der Waals surface area (Å²) in [6.07, 6.45) is 1.61. The maximum absolute atomic E-state index is 12.7. The lowest BCUT2D eigenvalue weighted by Gasteiger charge is -2.17. The Morgan fingerprint density at radius 1 is 1.21 bits per heavy atom. The van der Waals surface area contributed by atoms with Gasteiger partial charge in [0.15, 0.2) is 0 Å². The van der Waals surface area contributed by atoms with E-state index >= 15 is 0 Å². The number of aryl methyl sites for hydroxylation is 1. The fourth-order valence-corrected chi connectivity index (χ4v) is 2.97.